The Kier molecular flexibility index (Phi) is 5.63. The van der Waals surface area contributed by atoms with Crippen LogP contribution in [-0.2, 0) is 10.5 Å². The Morgan fingerprint density at radius 3 is 2.90 bits per heavy atom. The smallest absolute Gasteiger partial charge is 0.230 e. The largest absolute Gasteiger partial charge is 0.349 e. The van der Waals surface area contributed by atoms with Gasteiger partial charge in [0.1, 0.15) is 0 Å². The molecule has 0 saturated heterocycles. The maximum atomic E-state index is 11.9. The van der Waals surface area contributed by atoms with Crippen LogP contribution in [-0.4, -0.2) is 16.6 Å². The maximum absolute atomic E-state index is 11.9. The van der Waals surface area contributed by atoms with Crippen LogP contribution in [0.15, 0.2) is 17.0 Å². The number of aryl methyl sites for hydroxylation is 2. The van der Waals surface area contributed by atoms with Crippen molar-refractivity contribution in [2.24, 2.45) is 0 Å². The van der Waals surface area contributed by atoms with Gasteiger partial charge in [0, 0.05) is 20.9 Å². The predicted octanol–water partition coefficient (Wildman–Crippen LogP) is 3.93. The molecule has 20 heavy (non-hydrogen) atoms. The minimum Gasteiger partial charge on any atom is -0.349 e. The van der Waals surface area contributed by atoms with Crippen LogP contribution in [0.1, 0.15) is 34.0 Å². The highest BCUT2D eigenvalue weighted by Crippen LogP contribution is 2.26. The van der Waals surface area contributed by atoms with Crippen molar-refractivity contribution >= 4 is 40.3 Å². The maximum Gasteiger partial charge on any atom is 0.230 e. The average Bonchev–Trinajstić information content (AvgIpc) is 2.99. The van der Waals surface area contributed by atoms with Gasteiger partial charge in [-0.25, -0.2) is 4.98 Å². The zero-order valence-electron chi connectivity index (χ0n) is 11.8. The van der Waals surface area contributed by atoms with Crippen LogP contribution in [0.2, 0.25) is 0 Å². The first-order valence-electron chi connectivity index (χ1n) is 6.37. The van der Waals surface area contributed by atoms with Gasteiger partial charge in [-0.2, -0.15) is 0 Å². The summed E-state index contributed by atoms with van der Waals surface area (Å²) >= 11 is 4.96. The molecule has 1 amide bonds. The first-order valence-corrected chi connectivity index (χ1v) is 9.28. The normalized spacial score (nSPS) is 12.3. The van der Waals surface area contributed by atoms with E-state index in [1.165, 1.54) is 15.3 Å². The summed E-state index contributed by atoms with van der Waals surface area (Å²) in [7, 11) is 0. The van der Waals surface area contributed by atoms with E-state index in [0.29, 0.717) is 5.75 Å². The van der Waals surface area contributed by atoms with E-state index in [9.17, 15) is 4.79 Å². The molecule has 1 atom stereocenters. The molecule has 2 heterocycles. The summed E-state index contributed by atoms with van der Waals surface area (Å²) in [5.74, 6) is 1.35. The molecule has 0 aromatic carbocycles. The van der Waals surface area contributed by atoms with Gasteiger partial charge in [0.2, 0.25) is 5.91 Å². The fourth-order valence-electron chi connectivity index (χ4n) is 2.00. The van der Waals surface area contributed by atoms with E-state index in [1.807, 2.05) is 17.8 Å². The van der Waals surface area contributed by atoms with Crippen molar-refractivity contribution in [3.8, 4) is 0 Å². The molecule has 6 heteroatoms. The number of hydrogen-bond acceptors (Lipinski definition) is 5. The van der Waals surface area contributed by atoms with Crippen molar-refractivity contribution in [1.82, 2.24) is 10.3 Å². The van der Waals surface area contributed by atoms with Gasteiger partial charge in [0.05, 0.1) is 23.0 Å². The van der Waals surface area contributed by atoms with Gasteiger partial charge in [0.15, 0.2) is 0 Å². The van der Waals surface area contributed by atoms with E-state index < -0.39 is 0 Å². The lowest BCUT2D eigenvalue weighted by Crippen LogP contribution is -2.28. The Bertz CT molecular complexity index is 563. The number of carbonyl (C=O) groups excluding carboxylic acids is 1. The van der Waals surface area contributed by atoms with Crippen LogP contribution in [0.5, 0.6) is 0 Å². The van der Waals surface area contributed by atoms with Gasteiger partial charge in [-0.15, -0.1) is 34.4 Å². The van der Waals surface area contributed by atoms with Crippen LogP contribution in [0, 0.1) is 13.8 Å². The Morgan fingerprint density at radius 2 is 2.30 bits per heavy atom. The van der Waals surface area contributed by atoms with Gasteiger partial charge in [0.25, 0.3) is 0 Å². The molecule has 0 aliphatic rings. The molecule has 2 rings (SSSR count). The number of thioether (sulfide) groups is 1. The first-order chi connectivity index (χ1) is 9.56. The molecule has 1 N–H and O–H groups in total. The highest BCUT2D eigenvalue weighted by atomic mass is 32.2. The number of amides is 1. The molecule has 3 nitrogen and oxygen atoms in total. The van der Waals surface area contributed by atoms with Crippen molar-refractivity contribution in [2.75, 3.05) is 5.75 Å². The van der Waals surface area contributed by atoms with E-state index in [0.717, 1.165) is 11.4 Å². The minimum absolute atomic E-state index is 0.0762. The predicted molar refractivity (Wildman–Crippen MR) is 88.6 cm³/mol. The summed E-state index contributed by atoms with van der Waals surface area (Å²) in [5.41, 5.74) is 4.09. The lowest BCUT2D eigenvalue weighted by Gasteiger charge is -2.13. The Morgan fingerprint density at radius 1 is 1.50 bits per heavy atom. The molecular weight excluding hydrogens is 308 g/mol. The SMILES string of the molecule is Cc1cc(C(C)NC(=O)CSCc2cscn2)c(C)s1. The van der Waals surface area contributed by atoms with Crippen LogP contribution < -0.4 is 5.32 Å². The fraction of sp³-hybridized carbons (Fsp3) is 0.429. The lowest BCUT2D eigenvalue weighted by molar-refractivity contribution is -0.119. The summed E-state index contributed by atoms with van der Waals surface area (Å²) < 4.78 is 0. The molecule has 2 aromatic rings. The molecule has 0 radical (unpaired) electrons. The molecule has 0 fully saturated rings. The van der Waals surface area contributed by atoms with Crippen LogP contribution >= 0.6 is 34.4 Å². The lowest BCUT2D eigenvalue weighted by atomic mass is 10.1. The van der Waals surface area contributed by atoms with Gasteiger partial charge >= 0.3 is 0 Å². The van der Waals surface area contributed by atoms with E-state index >= 15 is 0 Å². The summed E-state index contributed by atoms with van der Waals surface area (Å²) in [6.45, 7) is 6.24. The number of nitrogens with zero attached hydrogens (tertiary/aromatic N) is 1. The van der Waals surface area contributed by atoms with E-state index in [1.54, 1.807) is 34.4 Å². The number of thiophene rings is 1. The van der Waals surface area contributed by atoms with Gasteiger partial charge < -0.3 is 5.32 Å². The molecular formula is C14H18N2OS3. The summed E-state index contributed by atoms with van der Waals surface area (Å²) in [4.78, 5) is 18.7. The third-order valence-electron chi connectivity index (χ3n) is 2.89. The van der Waals surface area contributed by atoms with Gasteiger partial charge in [-0.05, 0) is 32.4 Å². The Labute approximate surface area is 131 Å². The van der Waals surface area contributed by atoms with Crippen molar-refractivity contribution in [1.29, 1.82) is 0 Å². The summed E-state index contributed by atoms with van der Waals surface area (Å²) in [5, 5.41) is 5.08. The van der Waals surface area contributed by atoms with Crippen LogP contribution in [0.3, 0.4) is 0 Å². The third-order valence-corrected chi connectivity index (χ3v) is 5.47. The zero-order valence-corrected chi connectivity index (χ0v) is 14.3. The van der Waals surface area contributed by atoms with Crippen molar-refractivity contribution < 1.29 is 4.79 Å². The van der Waals surface area contributed by atoms with Gasteiger partial charge in [-0.1, -0.05) is 0 Å². The minimum atomic E-state index is 0.0762. The molecule has 0 aliphatic carbocycles. The average molecular weight is 327 g/mol. The second-order valence-electron chi connectivity index (χ2n) is 4.63. The zero-order chi connectivity index (χ0) is 14.5. The monoisotopic (exact) mass is 326 g/mol. The van der Waals surface area contributed by atoms with E-state index in [4.69, 9.17) is 0 Å². The fourth-order valence-corrected chi connectivity index (χ4v) is 4.42. The number of rotatable bonds is 6. The number of hydrogen-bond donors (Lipinski definition) is 1. The molecule has 0 saturated carbocycles. The van der Waals surface area contributed by atoms with Crippen molar-refractivity contribution in [3.63, 3.8) is 0 Å². The van der Waals surface area contributed by atoms with E-state index in [-0.39, 0.29) is 11.9 Å². The molecule has 0 spiro atoms. The topological polar surface area (TPSA) is 42.0 Å². The van der Waals surface area contributed by atoms with Gasteiger partial charge in [-0.3, -0.25) is 4.79 Å². The van der Waals surface area contributed by atoms with Crippen LogP contribution in [0.4, 0.5) is 0 Å². The highest BCUT2D eigenvalue weighted by molar-refractivity contribution is 7.99. The molecule has 0 aliphatic heterocycles. The van der Waals surface area contributed by atoms with Crippen LogP contribution in [0.25, 0.3) is 0 Å². The number of nitrogens with one attached hydrogen (secondary N) is 1. The summed E-state index contributed by atoms with van der Waals surface area (Å²) in [6, 6.07) is 2.24. The van der Waals surface area contributed by atoms with Crippen molar-refractivity contribution in [3.05, 3.63) is 38.0 Å². The molecule has 0 bridgehead atoms. The highest BCUT2D eigenvalue weighted by Gasteiger charge is 2.13. The van der Waals surface area contributed by atoms with E-state index in [2.05, 4.69) is 30.2 Å². The standard InChI is InChI=1S/C14H18N2OS3/c1-9-4-13(11(3)20-9)10(2)16-14(17)7-18-5-12-6-19-8-15-12/h4,6,8,10H,5,7H2,1-3H3,(H,16,17). The Hall–Kier alpha value is -0.850. The first kappa shape index (κ1) is 15.5. The number of carbonyl (C=O) groups is 1. The quantitative estimate of drug-likeness (QED) is 0.874. The number of aromatic nitrogens is 1. The second-order valence-corrected chi connectivity index (χ2v) is 7.80. The second kappa shape index (κ2) is 7.24. The van der Waals surface area contributed by atoms with Crippen molar-refractivity contribution in [2.45, 2.75) is 32.6 Å². The Balaban J connectivity index is 1.77. The summed E-state index contributed by atoms with van der Waals surface area (Å²) in [6.07, 6.45) is 0. The molecule has 1 unspecified atom stereocenters. The third kappa shape index (κ3) is 4.33. The molecule has 2 aromatic heterocycles. The number of thiazole rings is 1. The molecule has 108 valence electrons.